The van der Waals surface area contributed by atoms with E-state index in [0.717, 1.165) is 5.56 Å². The molecule has 2 aromatic rings. The van der Waals surface area contributed by atoms with Crippen molar-refractivity contribution in [2.24, 2.45) is 0 Å². The van der Waals surface area contributed by atoms with Crippen molar-refractivity contribution in [2.75, 3.05) is 5.32 Å². The van der Waals surface area contributed by atoms with Crippen LogP contribution in [0.25, 0.3) is 0 Å². The van der Waals surface area contributed by atoms with E-state index in [-0.39, 0.29) is 0 Å². The van der Waals surface area contributed by atoms with Gasteiger partial charge in [-0.1, -0.05) is 29.3 Å². The summed E-state index contributed by atoms with van der Waals surface area (Å²) in [5.41, 5.74) is 1.73. The first kappa shape index (κ1) is 18.8. The van der Waals surface area contributed by atoms with E-state index in [4.69, 9.17) is 21.1 Å². The fourth-order valence-electron chi connectivity index (χ4n) is 1.97. The number of nitrogens with one attached hydrogen (secondary N) is 1. The summed E-state index contributed by atoms with van der Waals surface area (Å²) < 4.78 is 10.6. The van der Waals surface area contributed by atoms with Crippen molar-refractivity contribution in [3.05, 3.63) is 59.1 Å². The van der Waals surface area contributed by atoms with Crippen LogP contribution in [0.2, 0.25) is 5.02 Å². The van der Waals surface area contributed by atoms with Crippen LogP contribution in [-0.2, 0) is 14.3 Å². The average Bonchev–Trinajstić information content (AvgIpc) is 2.58. The van der Waals surface area contributed by atoms with Crippen LogP contribution < -0.4 is 10.1 Å². The summed E-state index contributed by atoms with van der Waals surface area (Å²) >= 11 is 5.80. The van der Waals surface area contributed by atoms with E-state index in [2.05, 4.69) is 5.32 Å². The fourth-order valence-corrected chi connectivity index (χ4v) is 2.10. The second kappa shape index (κ2) is 8.53. The van der Waals surface area contributed by atoms with Crippen molar-refractivity contribution < 1.29 is 19.1 Å². The topological polar surface area (TPSA) is 64.6 Å². The van der Waals surface area contributed by atoms with E-state index < -0.39 is 24.1 Å². The van der Waals surface area contributed by atoms with Crippen molar-refractivity contribution in [2.45, 2.75) is 33.0 Å². The van der Waals surface area contributed by atoms with Crippen LogP contribution in [0.5, 0.6) is 5.75 Å². The van der Waals surface area contributed by atoms with E-state index in [1.54, 1.807) is 43.3 Å². The molecule has 0 saturated carbocycles. The van der Waals surface area contributed by atoms with Crippen LogP contribution in [0.1, 0.15) is 19.4 Å². The number of hydrogen-bond donors (Lipinski definition) is 1. The molecule has 0 heterocycles. The minimum atomic E-state index is -0.940. The van der Waals surface area contributed by atoms with Crippen LogP contribution in [0, 0.1) is 6.92 Å². The molecule has 2 aromatic carbocycles. The summed E-state index contributed by atoms with van der Waals surface area (Å²) in [6, 6.07) is 14.0. The van der Waals surface area contributed by atoms with E-state index >= 15 is 0 Å². The van der Waals surface area contributed by atoms with Crippen molar-refractivity contribution in [3.8, 4) is 5.75 Å². The zero-order chi connectivity index (χ0) is 18.4. The molecule has 0 aromatic heterocycles. The third kappa shape index (κ3) is 5.80. The summed E-state index contributed by atoms with van der Waals surface area (Å²) in [5.74, 6) is -0.539. The van der Waals surface area contributed by atoms with E-state index in [9.17, 15) is 9.59 Å². The van der Waals surface area contributed by atoms with Gasteiger partial charge >= 0.3 is 5.97 Å². The second-order valence-corrected chi connectivity index (χ2v) is 6.08. The highest BCUT2D eigenvalue weighted by molar-refractivity contribution is 6.30. The van der Waals surface area contributed by atoms with E-state index in [1.165, 1.54) is 6.92 Å². The SMILES string of the molecule is Cc1ccc(NC(=O)[C@@H](C)OC(=O)[C@@H](C)Oc2ccc(Cl)cc2)cc1. The Hall–Kier alpha value is -2.53. The number of halogens is 1. The number of rotatable bonds is 6. The Morgan fingerprint density at radius 2 is 1.56 bits per heavy atom. The second-order valence-electron chi connectivity index (χ2n) is 5.65. The van der Waals surface area contributed by atoms with Crippen molar-refractivity contribution in [1.29, 1.82) is 0 Å². The molecule has 2 atom stereocenters. The van der Waals surface area contributed by atoms with Gasteiger partial charge in [0.15, 0.2) is 12.2 Å². The lowest BCUT2D eigenvalue weighted by Gasteiger charge is -2.18. The van der Waals surface area contributed by atoms with Crippen LogP contribution in [0.3, 0.4) is 0 Å². The van der Waals surface area contributed by atoms with Gasteiger partial charge in [-0.25, -0.2) is 4.79 Å². The Morgan fingerprint density at radius 1 is 0.960 bits per heavy atom. The zero-order valence-electron chi connectivity index (χ0n) is 14.3. The molecular weight excluding hydrogens is 342 g/mol. The normalized spacial score (nSPS) is 12.8. The van der Waals surface area contributed by atoms with Crippen LogP contribution in [0.4, 0.5) is 5.69 Å². The molecule has 132 valence electrons. The van der Waals surface area contributed by atoms with Gasteiger partial charge in [0, 0.05) is 10.7 Å². The molecule has 5 nitrogen and oxygen atoms in total. The molecule has 0 aliphatic rings. The maximum Gasteiger partial charge on any atom is 0.347 e. The molecule has 0 spiro atoms. The number of anilines is 1. The van der Waals surface area contributed by atoms with Gasteiger partial charge in [-0.05, 0) is 57.2 Å². The van der Waals surface area contributed by atoms with Gasteiger partial charge < -0.3 is 14.8 Å². The number of carbonyl (C=O) groups excluding carboxylic acids is 2. The lowest BCUT2D eigenvalue weighted by Crippen LogP contribution is -2.35. The van der Waals surface area contributed by atoms with Crippen molar-refractivity contribution in [1.82, 2.24) is 0 Å². The largest absolute Gasteiger partial charge is 0.479 e. The zero-order valence-corrected chi connectivity index (χ0v) is 15.0. The number of aryl methyl sites for hydroxylation is 1. The molecule has 0 saturated heterocycles. The Labute approximate surface area is 151 Å². The third-order valence-electron chi connectivity index (χ3n) is 3.44. The lowest BCUT2D eigenvalue weighted by molar-refractivity contribution is -0.159. The molecule has 2 rings (SSSR count). The molecule has 25 heavy (non-hydrogen) atoms. The Balaban J connectivity index is 1.86. The van der Waals surface area contributed by atoms with Gasteiger partial charge in [0.05, 0.1) is 0 Å². The minimum absolute atomic E-state index is 0.407. The molecule has 0 bridgehead atoms. The van der Waals surface area contributed by atoms with Gasteiger partial charge in [-0.2, -0.15) is 0 Å². The third-order valence-corrected chi connectivity index (χ3v) is 3.69. The van der Waals surface area contributed by atoms with E-state index in [1.807, 2.05) is 19.1 Å². The monoisotopic (exact) mass is 361 g/mol. The molecule has 0 radical (unpaired) electrons. The Bertz CT molecular complexity index is 728. The molecule has 0 unspecified atom stereocenters. The van der Waals surface area contributed by atoms with Gasteiger partial charge in [-0.3, -0.25) is 4.79 Å². The molecule has 1 amide bonds. The van der Waals surface area contributed by atoms with Gasteiger partial charge in [0.1, 0.15) is 5.75 Å². The average molecular weight is 362 g/mol. The number of benzene rings is 2. The summed E-state index contributed by atoms with van der Waals surface area (Å²) in [5, 5.41) is 3.27. The highest BCUT2D eigenvalue weighted by atomic mass is 35.5. The van der Waals surface area contributed by atoms with Crippen LogP contribution in [-0.4, -0.2) is 24.1 Å². The maximum atomic E-state index is 12.1. The minimum Gasteiger partial charge on any atom is -0.479 e. The smallest absolute Gasteiger partial charge is 0.347 e. The van der Waals surface area contributed by atoms with Crippen molar-refractivity contribution in [3.63, 3.8) is 0 Å². The lowest BCUT2D eigenvalue weighted by atomic mass is 10.2. The molecule has 1 N–H and O–H groups in total. The van der Waals surface area contributed by atoms with Gasteiger partial charge in [0.25, 0.3) is 5.91 Å². The fraction of sp³-hybridized carbons (Fsp3) is 0.263. The van der Waals surface area contributed by atoms with Gasteiger partial charge in [0.2, 0.25) is 0 Å². The first-order chi connectivity index (χ1) is 11.8. The Kier molecular flexibility index (Phi) is 6.42. The summed E-state index contributed by atoms with van der Waals surface area (Å²) in [7, 11) is 0. The molecule has 0 aliphatic carbocycles. The van der Waals surface area contributed by atoms with Crippen LogP contribution >= 0.6 is 11.6 Å². The molecule has 0 fully saturated rings. The first-order valence-corrected chi connectivity index (χ1v) is 8.23. The summed E-state index contributed by atoms with van der Waals surface area (Å²) in [6.07, 6.45) is -1.79. The number of amides is 1. The van der Waals surface area contributed by atoms with E-state index in [0.29, 0.717) is 16.5 Å². The van der Waals surface area contributed by atoms with Crippen molar-refractivity contribution >= 4 is 29.2 Å². The van der Waals surface area contributed by atoms with Gasteiger partial charge in [-0.15, -0.1) is 0 Å². The summed E-state index contributed by atoms with van der Waals surface area (Å²) in [4.78, 5) is 24.2. The number of carbonyl (C=O) groups is 2. The predicted molar refractivity (Wildman–Crippen MR) is 96.9 cm³/mol. The highest BCUT2D eigenvalue weighted by Crippen LogP contribution is 2.17. The first-order valence-electron chi connectivity index (χ1n) is 7.85. The highest BCUT2D eigenvalue weighted by Gasteiger charge is 2.23. The number of hydrogen-bond acceptors (Lipinski definition) is 4. The number of ether oxygens (including phenoxy) is 2. The molecule has 0 aliphatic heterocycles. The number of esters is 1. The maximum absolute atomic E-state index is 12.1. The predicted octanol–water partition coefficient (Wildman–Crippen LogP) is 3.99. The quantitative estimate of drug-likeness (QED) is 0.790. The Morgan fingerprint density at radius 3 is 2.16 bits per heavy atom. The molecular formula is C19H20ClNO4. The summed E-state index contributed by atoms with van der Waals surface area (Å²) in [6.45, 7) is 5.02. The standard InChI is InChI=1S/C19H20ClNO4/c1-12-4-8-16(9-5-12)21-18(22)13(2)25-19(23)14(3)24-17-10-6-15(20)7-11-17/h4-11,13-14H,1-3H3,(H,21,22)/t13-,14-/m1/s1. The van der Waals surface area contributed by atoms with Crippen LogP contribution in [0.15, 0.2) is 48.5 Å². The molecule has 6 heteroatoms.